The maximum atomic E-state index is 11.2. The van der Waals surface area contributed by atoms with Gasteiger partial charge >= 0.3 is 0 Å². The first-order valence-corrected chi connectivity index (χ1v) is 6.27. The molecule has 0 aliphatic carbocycles. The summed E-state index contributed by atoms with van der Waals surface area (Å²) in [7, 11) is 1.63. The molecular formula is C10H10BrIO2. The molecule has 0 fully saturated rings. The van der Waals surface area contributed by atoms with Gasteiger partial charge in [-0.25, -0.2) is 0 Å². The lowest BCUT2D eigenvalue weighted by molar-refractivity contribution is -0.115. The lowest BCUT2D eigenvalue weighted by atomic mass is 10.1. The Morgan fingerprint density at radius 1 is 1.57 bits per heavy atom. The summed E-state index contributed by atoms with van der Waals surface area (Å²) in [6.07, 6.45) is 0.480. The van der Waals surface area contributed by atoms with Gasteiger partial charge in [-0.15, -0.1) is 0 Å². The number of carbonyl (C=O) groups is 1. The SMILES string of the molecule is COc1ccc(CC(=O)CBr)c(I)c1. The summed E-state index contributed by atoms with van der Waals surface area (Å²) in [6, 6.07) is 5.73. The minimum Gasteiger partial charge on any atom is -0.497 e. The molecule has 0 bridgehead atoms. The molecule has 4 heteroatoms. The fourth-order valence-corrected chi connectivity index (χ4v) is 1.93. The summed E-state index contributed by atoms with van der Waals surface area (Å²) >= 11 is 5.36. The van der Waals surface area contributed by atoms with Crippen molar-refractivity contribution in [2.75, 3.05) is 12.4 Å². The predicted molar refractivity (Wildman–Crippen MR) is 68.2 cm³/mol. The number of hydrogen-bond acceptors (Lipinski definition) is 2. The third kappa shape index (κ3) is 3.24. The Morgan fingerprint density at radius 2 is 2.29 bits per heavy atom. The third-order valence-electron chi connectivity index (χ3n) is 1.80. The summed E-state index contributed by atoms with van der Waals surface area (Å²) in [5.74, 6) is 1.01. The smallest absolute Gasteiger partial charge is 0.147 e. The van der Waals surface area contributed by atoms with E-state index in [-0.39, 0.29) is 5.78 Å². The molecule has 0 saturated carbocycles. The van der Waals surface area contributed by atoms with Gasteiger partial charge in [0.1, 0.15) is 11.5 Å². The molecule has 0 unspecified atom stereocenters. The van der Waals surface area contributed by atoms with Gasteiger partial charge in [0, 0.05) is 9.99 Å². The quantitative estimate of drug-likeness (QED) is 0.603. The highest BCUT2D eigenvalue weighted by Gasteiger charge is 2.06. The van der Waals surface area contributed by atoms with E-state index in [1.807, 2.05) is 18.2 Å². The molecule has 0 N–H and O–H groups in total. The standard InChI is InChI=1S/C10H10BrIO2/c1-14-9-3-2-7(10(12)5-9)4-8(13)6-11/h2-3,5H,4,6H2,1H3. The molecule has 0 aromatic heterocycles. The van der Waals surface area contributed by atoms with Crippen LogP contribution in [0.3, 0.4) is 0 Å². The Hall–Kier alpha value is -0.100. The van der Waals surface area contributed by atoms with Gasteiger partial charge in [0.25, 0.3) is 0 Å². The number of ketones is 1. The second-order valence-corrected chi connectivity index (χ2v) is 4.53. The van der Waals surface area contributed by atoms with E-state index in [1.165, 1.54) is 0 Å². The largest absolute Gasteiger partial charge is 0.497 e. The number of rotatable bonds is 4. The summed E-state index contributed by atoms with van der Waals surface area (Å²) in [4.78, 5) is 11.2. The summed E-state index contributed by atoms with van der Waals surface area (Å²) in [5, 5.41) is 0.412. The topological polar surface area (TPSA) is 26.3 Å². The van der Waals surface area contributed by atoms with E-state index in [0.29, 0.717) is 11.8 Å². The fourth-order valence-electron chi connectivity index (χ4n) is 1.06. The van der Waals surface area contributed by atoms with Gasteiger partial charge in [-0.1, -0.05) is 22.0 Å². The van der Waals surface area contributed by atoms with Gasteiger partial charge in [-0.2, -0.15) is 0 Å². The molecule has 1 aromatic rings. The zero-order valence-electron chi connectivity index (χ0n) is 7.72. The molecule has 1 rings (SSSR count). The molecular weight excluding hydrogens is 359 g/mol. The normalized spacial score (nSPS) is 9.93. The molecule has 1 aromatic carbocycles. The van der Waals surface area contributed by atoms with Crippen LogP contribution in [0.5, 0.6) is 5.75 Å². The van der Waals surface area contributed by atoms with E-state index in [9.17, 15) is 4.79 Å². The molecule has 14 heavy (non-hydrogen) atoms. The van der Waals surface area contributed by atoms with Crippen LogP contribution in [0.25, 0.3) is 0 Å². The van der Waals surface area contributed by atoms with Crippen LogP contribution < -0.4 is 4.74 Å². The van der Waals surface area contributed by atoms with Crippen LogP contribution in [0.15, 0.2) is 18.2 Å². The zero-order valence-corrected chi connectivity index (χ0v) is 11.5. The van der Waals surface area contributed by atoms with Gasteiger partial charge in [0.2, 0.25) is 0 Å². The maximum absolute atomic E-state index is 11.2. The minimum atomic E-state index is 0.188. The highest BCUT2D eigenvalue weighted by Crippen LogP contribution is 2.20. The van der Waals surface area contributed by atoms with Gasteiger partial charge in [0.15, 0.2) is 0 Å². The van der Waals surface area contributed by atoms with E-state index >= 15 is 0 Å². The lowest BCUT2D eigenvalue weighted by Gasteiger charge is -2.05. The number of hydrogen-bond donors (Lipinski definition) is 0. The highest BCUT2D eigenvalue weighted by atomic mass is 127. The monoisotopic (exact) mass is 368 g/mol. The average Bonchev–Trinajstić information content (AvgIpc) is 2.20. The first-order chi connectivity index (χ1) is 6.67. The van der Waals surface area contributed by atoms with E-state index < -0.39 is 0 Å². The van der Waals surface area contributed by atoms with Crippen molar-refractivity contribution in [1.82, 2.24) is 0 Å². The number of Topliss-reactive ketones (excluding diaryl/α,β-unsaturated/α-hetero) is 1. The minimum absolute atomic E-state index is 0.188. The Bertz CT molecular complexity index is 339. The van der Waals surface area contributed by atoms with Crippen molar-refractivity contribution in [3.05, 3.63) is 27.3 Å². The molecule has 0 spiro atoms. The first-order valence-electron chi connectivity index (χ1n) is 4.07. The van der Waals surface area contributed by atoms with Gasteiger partial charge in [0.05, 0.1) is 12.4 Å². The van der Waals surface area contributed by atoms with Crippen LogP contribution in [0.1, 0.15) is 5.56 Å². The van der Waals surface area contributed by atoms with Crippen molar-refractivity contribution in [3.8, 4) is 5.75 Å². The number of halogens is 2. The van der Waals surface area contributed by atoms with Gasteiger partial charge < -0.3 is 4.74 Å². The van der Waals surface area contributed by atoms with Crippen molar-refractivity contribution in [3.63, 3.8) is 0 Å². The van der Waals surface area contributed by atoms with E-state index in [4.69, 9.17) is 4.74 Å². The Balaban J connectivity index is 2.83. The number of alkyl halides is 1. The molecule has 2 nitrogen and oxygen atoms in total. The fraction of sp³-hybridized carbons (Fsp3) is 0.300. The lowest BCUT2D eigenvalue weighted by Crippen LogP contribution is -2.04. The average molecular weight is 369 g/mol. The Kier molecular flexibility index (Phi) is 4.88. The molecule has 0 atom stereocenters. The maximum Gasteiger partial charge on any atom is 0.147 e. The Labute approximate surface area is 105 Å². The molecule has 0 amide bonds. The number of methoxy groups -OCH3 is 1. The summed E-state index contributed by atoms with van der Waals surface area (Å²) < 4.78 is 6.15. The third-order valence-corrected chi connectivity index (χ3v) is 3.43. The van der Waals surface area contributed by atoms with Crippen molar-refractivity contribution in [2.24, 2.45) is 0 Å². The number of carbonyl (C=O) groups excluding carboxylic acids is 1. The zero-order chi connectivity index (χ0) is 10.6. The summed E-state index contributed by atoms with van der Waals surface area (Å²) in [6.45, 7) is 0. The second kappa shape index (κ2) is 5.70. The van der Waals surface area contributed by atoms with Crippen LogP contribution in [0.2, 0.25) is 0 Å². The molecule has 76 valence electrons. The van der Waals surface area contributed by atoms with Crippen molar-refractivity contribution < 1.29 is 9.53 Å². The predicted octanol–water partition coefficient (Wildman–Crippen LogP) is 2.81. The van der Waals surface area contributed by atoms with Gasteiger partial charge in [-0.3, -0.25) is 4.79 Å². The molecule has 0 saturated heterocycles. The highest BCUT2D eigenvalue weighted by molar-refractivity contribution is 14.1. The molecule has 0 aliphatic rings. The van der Waals surface area contributed by atoms with E-state index in [2.05, 4.69) is 38.5 Å². The molecule has 0 heterocycles. The van der Waals surface area contributed by atoms with E-state index in [0.717, 1.165) is 14.9 Å². The molecule has 0 aliphatic heterocycles. The van der Waals surface area contributed by atoms with Gasteiger partial charge in [-0.05, 0) is 40.3 Å². The second-order valence-electron chi connectivity index (χ2n) is 2.81. The van der Waals surface area contributed by atoms with Crippen LogP contribution in [-0.4, -0.2) is 18.2 Å². The van der Waals surface area contributed by atoms with Crippen molar-refractivity contribution in [1.29, 1.82) is 0 Å². The first kappa shape index (κ1) is 12.0. The van der Waals surface area contributed by atoms with Crippen LogP contribution in [0, 0.1) is 3.57 Å². The molecule has 0 radical (unpaired) electrons. The number of ether oxygens (including phenoxy) is 1. The van der Waals surface area contributed by atoms with Crippen LogP contribution in [0.4, 0.5) is 0 Å². The van der Waals surface area contributed by atoms with Crippen LogP contribution in [-0.2, 0) is 11.2 Å². The summed E-state index contributed by atoms with van der Waals surface area (Å²) in [5.41, 5.74) is 1.05. The van der Waals surface area contributed by atoms with Crippen molar-refractivity contribution in [2.45, 2.75) is 6.42 Å². The van der Waals surface area contributed by atoms with Crippen LogP contribution >= 0.6 is 38.5 Å². The van der Waals surface area contributed by atoms with Crippen molar-refractivity contribution >= 4 is 44.3 Å². The Morgan fingerprint density at radius 3 is 2.79 bits per heavy atom. The number of benzene rings is 1. The van der Waals surface area contributed by atoms with E-state index in [1.54, 1.807) is 7.11 Å².